The van der Waals surface area contributed by atoms with Crippen LogP contribution in [0.3, 0.4) is 0 Å². The normalized spacial score (nSPS) is 12.2. The van der Waals surface area contributed by atoms with Crippen molar-refractivity contribution in [2.45, 2.75) is 26.8 Å². The minimum atomic E-state index is -0.466. The lowest BCUT2D eigenvalue weighted by Gasteiger charge is -2.14. The molecule has 1 N–H and O–H groups in total. The number of hydrogen-bond donors (Lipinski definition) is 1. The zero-order valence-electron chi connectivity index (χ0n) is 11.3. The third kappa shape index (κ3) is 3.02. The van der Waals surface area contributed by atoms with Crippen molar-refractivity contribution in [1.29, 1.82) is 0 Å². The Morgan fingerprint density at radius 3 is 2.65 bits per heavy atom. The van der Waals surface area contributed by atoms with Crippen molar-refractivity contribution < 1.29 is 4.79 Å². The zero-order valence-corrected chi connectivity index (χ0v) is 13.7. The molecule has 2 heterocycles. The van der Waals surface area contributed by atoms with Crippen LogP contribution in [0.1, 0.15) is 24.4 Å². The molecule has 1 amide bonds. The second-order valence-corrected chi connectivity index (χ2v) is 5.75. The van der Waals surface area contributed by atoms with Crippen LogP contribution in [0.15, 0.2) is 22.8 Å². The molecule has 0 radical (unpaired) electrons. The number of nitrogens with one attached hydrogen (secondary N) is 1. The van der Waals surface area contributed by atoms with E-state index in [-0.39, 0.29) is 5.91 Å². The molecule has 106 valence electrons. The first kappa shape index (κ1) is 15.0. The Morgan fingerprint density at radius 2 is 2.15 bits per heavy atom. The molecule has 20 heavy (non-hydrogen) atoms. The first-order valence-electron chi connectivity index (χ1n) is 6.03. The highest BCUT2D eigenvalue weighted by Gasteiger charge is 2.20. The Bertz CT molecular complexity index is 639. The summed E-state index contributed by atoms with van der Waals surface area (Å²) < 4.78 is 2.47. The highest BCUT2D eigenvalue weighted by Crippen LogP contribution is 2.22. The lowest BCUT2D eigenvalue weighted by Crippen LogP contribution is -2.25. The van der Waals surface area contributed by atoms with Crippen LogP contribution in [0.25, 0.3) is 0 Å². The SMILES string of the molecule is Cc1nn(C(C)C(=O)Nc2ccc(Br)cn2)c(C)c1Cl. The molecule has 0 aliphatic heterocycles. The van der Waals surface area contributed by atoms with Crippen LogP contribution < -0.4 is 5.32 Å². The topological polar surface area (TPSA) is 59.8 Å². The van der Waals surface area contributed by atoms with Gasteiger partial charge >= 0.3 is 0 Å². The molecule has 0 aromatic carbocycles. The third-order valence-corrected chi connectivity index (χ3v) is 3.98. The van der Waals surface area contributed by atoms with Crippen molar-refractivity contribution >= 4 is 39.3 Å². The number of amides is 1. The smallest absolute Gasteiger partial charge is 0.250 e. The fourth-order valence-electron chi connectivity index (χ4n) is 1.81. The highest BCUT2D eigenvalue weighted by molar-refractivity contribution is 9.10. The van der Waals surface area contributed by atoms with E-state index in [9.17, 15) is 4.79 Å². The first-order chi connectivity index (χ1) is 9.40. The van der Waals surface area contributed by atoms with Crippen molar-refractivity contribution in [3.8, 4) is 0 Å². The van der Waals surface area contributed by atoms with Gasteiger partial charge in [0.05, 0.1) is 16.4 Å². The molecule has 0 aliphatic rings. The van der Waals surface area contributed by atoms with Gasteiger partial charge in [-0.15, -0.1) is 0 Å². The molecule has 2 aromatic heterocycles. The van der Waals surface area contributed by atoms with Crippen molar-refractivity contribution in [3.63, 3.8) is 0 Å². The summed E-state index contributed by atoms with van der Waals surface area (Å²) in [7, 11) is 0. The minimum absolute atomic E-state index is 0.193. The summed E-state index contributed by atoms with van der Waals surface area (Å²) in [5, 5.41) is 7.62. The molecule has 2 aromatic rings. The maximum Gasteiger partial charge on any atom is 0.250 e. The van der Waals surface area contributed by atoms with Gasteiger partial charge in [-0.05, 0) is 48.8 Å². The van der Waals surface area contributed by atoms with E-state index in [0.717, 1.165) is 10.2 Å². The number of aromatic nitrogens is 3. The molecule has 0 saturated carbocycles. The number of carbonyl (C=O) groups excluding carboxylic acids is 1. The van der Waals surface area contributed by atoms with Crippen LogP contribution >= 0.6 is 27.5 Å². The summed E-state index contributed by atoms with van der Waals surface area (Å²) in [6.07, 6.45) is 1.63. The zero-order chi connectivity index (χ0) is 14.9. The number of carbonyl (C=O) groups is 1. The number of rotatable bonds is 3. The molecule has 2 rings (SSSR count). The Hall–Kier alpha value is -1.40. The maximum absolute atomic E-state index is 12.2. The van der Waals surface area contributed by atoms with E-state index >= 15 is 0 Å². The van der Waals surface area contributed by atoms with Crippen LogP contribution in [-0.4, -0.2) is 20.7 Å². The summed E-state index contributed by atoms with van der Waals surface area (Å²) in [6.45, 7) is 5.42. The van der Waals surface area contributed by atoms with Crippen molar-refractivity contribution in [1.82, 2.24) is 14.8 Å². The van der Waals surface area contributed by atoms with Gasteiger partial charge in [0, 0.05) is 10.7 Å². The van der Waals surface area contributed by atoms with Crippen LogP contribution in [0, 0.1) is 13.8 Å². The predicted octanol–water partition coefficient (Wildman–Crippen LogP) is 3.51. The average Bonchev–Trinajstić information content (AvgIpc) is 2.68. The summed E-state index contributed by atoms with van der Waals surface area (Å²) >= 11 is 9.39. The van der Waals surface area contributed by atoms with E-state index in [4.69, 9.17) is 11.6 Å². The van der Waals surface area contributed by atoms with Gasteiger partial charge in [0.15, 0.2) is 0 Å². The summed E-state index contributed by atoms with van der Waals surface area (Å²) in [5.74, 6) is 0.305. The molecule has 7 heteroatoms. The summed E-state index contributed by atoms with van der Waals surface area (Å²) in [5.41, 5.74) is 1.49. The third-order valence-electron chi connectivity index (χ3n) is 2.96. The quantitative estimate of drug-likeness (QED) is 0.914. The van der Waals surface area contributed by atoms with Crippen molar-refractivity contribution in [2.24, 2.45) is 0 Å². The molecule has 5 nitrogen and oxygen atoms in total. The number of aryl methyl sites for hydroxylation is 1. The van der Waals surface area contributed by atoms with Gasteiger partial charge < -0.3 is 5.32 Å². The molecule has 1 atom stereocenters. The van der Waals surface area contributed by atoms with Crippen LogP contribution in [-0.2, 0) is 4.79 Å². The van der Waals surface area contributed by atoms with Crippen LogP contribution in [0.2, 0.25) is 5.02 Å². The summed E-state index contributed by atoms with van der Waals surface area (Å²) in [6, 6.07) is 3.07. The summed E-state index contributed by atoms with van der Waals surface area (Å²) in [4.78, 5) is 16.3. The molecule has 0 fully saturated rings. The molecule has 0 bridgehead atoms. The molecular weight excluding hydrogens is 344 g/mol. The Balaban J connectivity index is 2.16. The van der Waals surface area contributed by atoms with Crippen LogP contribution in [0.5, 0.6) is 0 Å². The van der Waals surface area contributed by atoms with E-state index in [1.165, 1.54) is 0 Å². The maximum atomic E-state index is 12.2. The van der Waals surface area contributed by atoms with Gasteiger partial charge in [-0.25, -0.2) is 4.98 Å². The van der Waals surface area contributed by atoms with Crippen LogP contribution in [0.4, 0.5) is 5.82 Å². The molecule has 1 unspecified atom stereocenters. The number of anilines is 1. The van der Waals surface area contributed by atoms with E-state index in [1.54, 1.807) is 23.9 Å². The van der Waals surface area contributed by atoms with E-state index in [0.29, 0.717) is 16.5 Å². The number of halogens is 2. The van der Waals surface area contributed by atoms with Crippen molar-refractivity contribution in [3.05, 3.63) is 39.2 Å². The lowest BCUT2D eigenvalue weighted by atomic mass is 10.3. The molecular formula is C13H14BrClN4O. The van der Waals surface area contributed by atoms with Gasteiger partial charge in [-0.1, -0.05) is 11.6 Å². The van der Waals surface area contributed by atoms with E-state index in [2.05, 4.69) is 31.3 Å². The number of nitrogens with zero attached hydrogens (tertiary/aromatic N) is 3. The Kier molecular flexibility index (Phi) is 4.45. The Morgan fingerprint density at radius 1 is 1.45 bits per heavy atom. The Labute approximate surface area is 130 Å². The molecule has 0 saturated heterocycles. The second-order valence-electron chi connectivity index (χ2n) is 4.46. The van der Waals surface area contributed by atoms with Gasteiger partial charge in [0.1, 0.15) is 11.9 Å². The average molecular weight is 358 g/mol. The van der Waals surface area contributed by atoms with Gasteiger partial charge in [-0.3, -0.25) is 9.48 Å². The number of hydrogen-bond acceptors (Lipinski definition) is 3. The van der Waals surface area contributed by atoms with E-state index < -0.39 is 6.04 Å². The van der Waals surface area contributed by atoms with Gasteiger partial charge in [0.25, 0.3) is 0 Å². The standard InChI is InChI=1S/C13H14BrClN4O/c1-7-12(15)8(2)19(18-7)9(3)13(20)17-11-5-4-10(14)6-16-11/h4-6,9H,1-3H3,(H,16,17,20). The van der Waals surface area contributed by atoms with E-state index in [1.807, 2.05) is 19.9 Å². The monoisotopic (exact) mass is 356 g/mol. The predicted molar refractivity (Wildman–Crippen MR) is 82.0 cm³/mol. The minimum Gasteiger partial charge on any atom is -0.309 e. The lowest BCUT2D eigenvalue weighted by molar-refractivity contribution is -0.119. The second kappa shape index (κ2) is 5.93. The fraction of sp³-hybridized carbons (Fsp3) is 0.308. The first-order valence-corrected chi connectivity index (χ1v) is 7.21. The number of pyridine rings is 1. The van der Waals surface area contributed by atoms with Crippen molar-refractivity contribution in [2.75, 3.05) is 5.32 Å². The largest absolute Gasteiger partial charge is 0.309 e. The fourth-order valence-corrected chi connectivity index (χ4v) is 2.17. The van der Waals surface area contributed by atoms with Gasteiger partial charge in [-0.2, -0.15) is 5.10 Å². The highest BCUT2D eigenvalue weighted by atomic mass is 79.9. The van der Waals surface area contributed by atoms with Gasteiger partial charge in [0.2, 0.25) is 5.91 Å². The molecule has 0 aliphatic carbocycles. The molecule has 0 spiro atoms.